The molecule has 0 aliphatic rings. The van der Waals surface area contributed by atoms with Crippen LogP contribution in [0.25, 0.3) is 11.1 Å². The number of nitrogen functional groups attached to an aromatic ring is 1. The van der Waals surface area contributed by atoms with Crippen molar-refractivity contribution in [1.29, 1.82) is 0 Å². The molecule has 19 heavy (non-hydrogen) atoms. The smallest absolute Gasteiger partial charge is 0.341 e. The highest BCUT2D eigenvalue weighted by Gasteiger charge is 2.15. The van der Waals surface area contributed by atoms with E-state index in [-0.39, 0.29) is 5.56 Å². The van der Waals surface area contributed by atoms with E-state index >= 15 is 0 Å². The number of pyridine rings is 1. The van der Waals surface area contributed by atoms with Crippen LogP contribution in [0.2, 0.25) is 0 Å². The number of nitrogens with two attached hydrogens (primary N) is 2. The van der Waals surface area contributed by atoms with Crippen molar-refractivity contribution in [1.82, 2.24) is 14.8 Å². The number of carbonyl (C=O) groups excluding carboxylic acids is 1. The molecule has 0 spiro atoms. The van der Waals surface area contributed by atoms with Gasteiger partial charge in [-0.15, -0.1) is 0 Å². The Kier molecular flexibility index (Phi) is 3.76. The third-order valence-corrected chi connectivity index (χ3v) is 2.70. The lowest BCUT2D eigenvalue weighted by Gasteiger charge is -2.07. The van der Waals surface area contributed by atoms with Crippen molar-refractivity contribution in [3.05, 3.63) is 30.4 Å². The molecular weight excluding hydrogens is 246 g/mol. The lowest BCUT2D eigenvalue weighted by Crippen LogP contribution is -2.09. The zero-order chi connectivity index (χ0) is 13.8. The van der Waals surface area contributed by atoms with Crippen LogP contribution in [0.4, 0.5) is 5.69 Å². The van der Waals surface area contributed by atoms with Crippen molar-refractivity contribution in [2.45, 2.75) is 6.54 Å². The molecule has 100 valence electrons. The monoisotopic (exact) mass is 261 g/mol. The Hall–Kier alpha value is -2.41. The van der Waals surface area contributed by atoms with Crippen molar-refractivity contribution in [2.75, 3.05) is 19.4 Å². The summed E-state index contributed by atoms with van der Waals surface area (Å²) in [7, 11) is 1.30. The Morgan fingerprint density at radius 3 is 2.89 bits per heavy atom. The molecule has 2 heterocycles. The number of methoxy groups -OCH3 is 1. The predicted molar refractivity (Wildman–Crippen MR) is 70.3 cm³/mol. The summed E-state index contributed by atoms with van der Waals surface area (Å²) in [5, 5.41) is 4.16. The van der Waals surface area contributed by atoms with E-state index in [9.17, 15) is 4.79 Å². The van der Waals surface area contributed by atoms with E-state index in [0.29, 0.717) is 24.3 Å². The summed E-state index contributed by atoms with van der Waals surface area (Å²) in [4.78, 5) is 15.5. The van der Waals surface area contributed by atoms with Crippen LogP contribution >= 0.6 is 0 Å². The van der Waals surface area contributed by atoms with E-state index < -0.39 is 5.97 Å². The maximum absolute atomic E-state index is 11.5. The molecule has 0 saturated heterocycles. The average molecular weight is 261 g/mol. The minimum absolute atomic E-state index is 0.242. The Balaban J connectivity index is 2.41. The molecule has 7 heteroatoms. The molecule has 0 unspecified atom stereocenters. The topological polar surface area (TPSA) is 109 Å². The fourth-order valence-electron chi connectivity index (χ4n) is 1.73. The van der Waals surface area contributed by atoms with E-state index in [1.807, 2.05) is 0 Å². The molecule has 0 atom stereocenters. The molecule has 0 aromatic carbocycles. The number of hydrogen-bond donors (Lipinski definition) is 2. The van der Waals surface area contributed by atoms with Crippen LogP contribution in [0, 0.1) is 0 Å². The summed E-state index contributed by atoms with van der Waals surface area (Å²) in [6.45, 7) is 1.11. The number of rotatable bonds is 4. The second-order valence-corrected chi connectivity index (χ2v) is 3.92. The fourth-order valence-corrected chi connectivity index (χ4v) is 1.73. The molecule has 0 saturated carbocycles. The van der Waals surface area contributed by atoms with Gasteiger partial charge >= 0.3 is 5.97 Å². The van der Waals surface area contributed by atoms with Gasteiger partial charge in [-0.2, -0.15) is 5.10 Å². The zero-order valence-corrected chi connectivity index (χ0v) is 10.5. The molecule has 0 radical (unpaired) electrons. The maximum Gasteiger partial charge on any atom is 0.341 e. The van der Waals surface area contributed by atoms with Crippen LogP contribution in [0.5, 0.6) is 0 Å². The van der Waals surface area contributed by atoms with Gasteiger partial charge in [0.25, 0.3) is 0 Å². The van der Waals surface area contributed by atoms with Crippen molar-refractivity contribution in [3.8, 4) is 11.1 Å². The van der Waals surface area contributed by atoms with Gasteiger partial charge in [-0.3, -0.25) is 9.67 Å². The Morgan fingerprint density at radius 1 is 1.42 bits per heavy atom. The third-order valence-electron chi connectivity index (χ3n) is 2.70. The van der Waals surface area contributed by atoms with Crippen LogP contribution in [-0.4, -0.2) is 34.4 Å². The summed E-state index contributed by atoms with van der Waals surface area (Å²) < 4.78 is 6.36. The standard InChI is InChI=1S/C12H15N5O2/c1-19-12(18)10-6-15-5-9(11(10)14)8-4-16-17(7-8)3-2-13/h4-7H,2-3,13H2,1H3,(H2,14,15). The van der Waals surface area contributed by atoms with E-state index in [4.69, 9.17) is 11.5 Å². The molecule has 0 aliphatic heterocycles. The number of nitrogens with zero attached hydrogens (tertiary/aromatic N) is 3. The predicted octanol–water partition coefficient (Wildman–Crippen LogP) is 0.273. The third kappa shape index (κ3) is 2.55. The van der Waals surface area contributed by atoms with Gasteiger partial charge in [-0.1, -0.05) is 0 Å². The van der Waals surface area contributed by atoms with Crippen LogP contribution in [0.15, 0.2) is 24.8 Å². The highest BCUT2D eigenvalue weighted by molar-refractivity contribution is 5.98. The van der Waals surface area contributed by atoms with Crippen LogP contribution in [0.3, 0.4) is 0 Å². The largest absolute Gasteiger partial charge is 0.465 e. The number of anilines is 1. The van der Waals surface area contributed by atoms with Crippen molar-refractivity contribution in [2.24, 2.45) is 5.73 Å². The Morgan fingerprint density at radius 2 is 2.21 bits per heavy atom. The fraction of sp³-hybridized carbons (Fsp3) is 0.250. The van der Waals surface area contributed by atoms with Crippen molar-refractivity contribution < 1.29 is 9.53 Å². The van der Waals surface area contributed by atoms with Gasteiger partial charge in [-0.25, -0.2) is 4.79 Å². The van der Waals surface area contributed by atoms with E-state index in [1.165, 1.54) is 13.3 Å². The Labute approximate surface area is 110 Å². The van der Waals surface area contributed by atoms with Crippen LogP contribution < -0.4 is 11.5 Å². The lowest BCUT2D eigenvalue weighted by atomic mass is 10.1. The van der Waals surface area contributed by atoms with Gasteiger partial charge < -0.3 is 16.2 Å². The van der Waals surface area contributed by atoms with E-state index in [1.54, 1.807) is 23.3 Å². The average Bonchev–Trinajstić information content (AvgIpc) is 2.87. The highest BCUT2D eigenvalue weighted by Crippen LogP contribution is 2.27. The van der Waals surface area contributed by atoms with Crippen molar-refractivity contribution in [3.63, 3.8) is 0 Å². The minimum Gasteiger partial charge on any atom is -0.465 e. The van der Waals surface area contributed by atoms with Gasteiger partial charge in [-0.05, 0) is 0 Å². The minimum atomic E-state index is -0.513. The number of carbonyl (C=O) groups is 1. The van der Waals surface area contributed by atoms with Crippen LogP contribution in [0.1, 0.15) is 10.4 Å². The first-order valence-electron chi connectivity index (χ1n) is 5.72. The Bertz CT molecular complexity index is 594. The van der Waals surface area contributed by atoms with Gasteiger partial charge in [0.15, 0.2) is 0 Å². The number of hydrogen-bond acceptors (Lipinski definition) is 6. The van der Waals surface area contributed by atoms with E-state index in [0.717, 1.165) is 5.56 Å². The second-order valence-electron chi connectivity index (χ2n) is 3.92. The number of aromatic nitrogens is 3. The quantitative estimate of drug-likeness (QED) is 0.765. The first-order valence-corrected chi connectivity index (χ1v) is 5.72. The molecule has 0 amide bonds. The summed E-state index contributed by atoms with van der Waals surface area (Å²) in [5.74, 6) is -0.513. The first-order chi connectivity index (χ1) is 9.17. The first kappa shape index (κ1) is 13.0. The van der Waals surface area contributed by atoms with Gasteiger partial charge in [0, 0.05) is 36.3 Å². The lowest BCUT2D eigenvalue weighted by molar-refractivity contribution is 0.0601. The van der Waals surface area contributed by atoms with E-state index in [2.05, 4.69) is 14.8 Å². The molecule has 0 bridgehead atoms. The van der Waals surface area contributed by atoms with Gasteiger partial charge in [0.2, 0.25) is 0 Å². The van der Waals surface area contributed by atoms with Gasteiger partial charge in [0.1, 0.15) is 5.56 Å². The molecule has 0 aliphatic carbocycles. The van der Waals surface area contributed by atoms with Crippen LogP contribution in [-0.2, 0) is 11.3 Å². The summed E-state index contributed by atoms with van der Waals surface area (Å²) in [6, 6.07) is 0. The number of esters is 1. The number of ether oxygens (including phenoxy) is 1. The SMILES string of the molecule is COC(=O)c1cncc(-c2cnn(CCN)c2)c1N. The highest BCUT2D eigenvalue weighted by atomic mass is 16.5. The molecule has 2 aromatic heterocycles. The molecule has 2 aromatic rings. The second kappa shape index (κ2) is 5.49. The summed E-state index contributed by atoms with van der Waals surface area (Å²) in [6.07, 6.45) is 6.44. The zero-order valence-electron chi connectivity index (χ0n) is 10.5. The molecule has 2 rings (SSSR count). The maximum atomic E-state index is 11.5. The van der Waals surface area contributed by atoms with Crippen molar-refractivity contribution >= 4 is 11.7 Å². The summed E-state index contributed by atoms with van der Waals surface area (Å²) >= 11 is 0. The molecule has 4 N–H and O–H groups in total. The molecule has 7 nitrogen and oxygen atoms in total. The van der Waals surface area contributed by atoms with Gasteiger partial charge in [0.05, 0.1) is 25.5 Å². The molecular formula is C12H15N5O2. The normalized spacial score (nSPS) is 10.4. The molecule has 0 fully saturated rings. The summed E-state index contributed by atoms with van der Waals surface area (Å²) in [5.41, 5.74) is 13.4.